The van der Waals surface area contributed by atoms with Gasteiger partial charge in [-0.05, 0) is 25.3 Å². The lowest BCUT2D eigenvalue weighted by Gasteiger charge is -2.21. The molecule has 160 valence electrons. The average molecular weight is 412 g/mol. The Labute approximate surface area is 175 Å². The van der Waals surface area contributed by atoms with Crippen molar-refractivity contribution in [1.82, 2.24) is 20.0 Å². The largest absolute Gasteiger partial charge is 0.480 e. The van der Waals surface area contributed by atoms with E-state index in [0.29, 0.717) is 5.69 Å². The summed E-state index contributed by atoms with van der Waals surface area (Å²) in [5.41, 5.74) is 1.76. The molecule has 2 aromatic rings. The Bertz CT molecular complexity index is 886. The molecule has 1 aromatic carbocycles. The first-order valence-electron chi connectivity index (χ1n) is 10.4. The third kappa shape index (κ3) is 5.46. The molecule has 1 saturated heterocycles. The van der Waals surface area contributed by atoms with Crippen LogP contribution in [0.5, 0.6) is 0 Å². The number of carbonyl (C=O) groups is 3. The predicted octanol–water partition coefficient (Wildman–Crippen LogP) is 2.45. The van der Waals surface area contributed by atoms with E-state index in [1.165, 1.54) is 4.68 Å². The molecular weight excluding hydrogens is 384 g/mol. The van der Waals surface area contributed by atoms with Gasteiger partial charge in [0.2, 0.25) is 5.91 Å². The van der Waals surface area contributed by atoms with E-state index in [1.807, 2.05) is 30.3 Å². The minimum absolute atomic E-state index is 0.0516. The summed E-state index contributed by atoms with van der Waals surface area (Å²) in [5, 5.41) is 16.4. The van der Waals surface area contributed by atoms with Crippen LogP contribution < -0.4 is 5.32 Å². The first-order chi connectivity index (χ1) is 14.5. The molecule has 2 amide bonds. The molecule has 30 heavy (non-hydrogen) atoms. The van der Waals surface area contributed by atoms with Crippen molar-refractivity contribution in [2.75, 3.05) is 13.1 Å². The fourth-order valence-electron chi connectivity index (χ4n) is 3.67. The van der Waals surface area contributed by atoms with Gasteiger partial charge in [0.25, 0.3) is 5.91 Å². The van der Waals surface area contributed by atoms with E-state index in [-0.39, 0.29) is 24.4 Å². The first-order valence-corrected chi connectivity index (χ1v) is 10.4. The van der Waals surface area contributed by atoms with E-state index in [4.69, 9.17) is 0 Å². The van der Waals surface area contributed by atoms with Gasteiger partial charge in [0.1, 0.15) is 11.7 Å². The second-order valence-corrected chi connectivity index (χ2v) is 7.60. The number of nitrogens with one attached hydrogen (secondary N) is 1. The summed E-state index contributed by atoms with van der Waals surface area (Å²) in [6, 6.07) is 9.92. The minimum Gasteiger partial charge on any atom is -0.480 e. The zero-order valence-electron chi connectivity index (χ0n) is 17.2. The third-order valence-electron chi connectivity index (χ3n) is 5.39. The number of aliphatic carboxylic acids is 1. The van der Waals surface area contributed by atoms with Crippen molar-refractivity contribution in [2.45, 2.75) is 44.6 Å². The minimum atomic E-state index is -1.16. The lowest BCUT2D eigenvalue weighted by Crippen LogP contribution is -2.42. The molecule has 0 spiro atoms. The summed E-state index contributed by atoms with van der Waals surface area (Å²) in [6.07, 6.45) is 4.35. The van der Waals surface area contributed by atoms with Crippen molar-refractivity contribution in [3.8, 4) is 11.3 Å². The van der Waals surface area contributed by atoms with Crippen molar-refractivity contribution >= 4 is 17.8 Å². The molecule has 0 aliphatic carbocycles. The van der Waals surface area contributed by atoms with Crippen molar-refractivity contribution in [3.63, 3.8) is 0 Å². The topological polar surface area (TPSA) is 105 Å². The van der Waals surface area contributed by atoms with Crippen LogP contribution in [0, 0.1) is 0 Å². The Balaban J connectivity index is 1.62. The number of likely N-dealkylation sites (tertiary alicyclic amines) is 1. The van der Waals surface area contributed by atoms with Gasteiger partial charge in [0, 0.05) is 32.1 Å². The van der Waals surface area contributed by atoms with Gasteiger partial charge in [0.15, 0.2) is 0 Å². The van der Waals surface area contributed by atoms with Crippen molar-refractivity contribution in [1.29, 1.82) is 0 Å². The molecule has 8 heteroatoms. The summed E-state index contributed by atoms with van der Waals surface area (Å²) < 4.78 is 1.43. The second-order valence-electron chi connectivity index (χ2n) is 7.60. The standard InChI is InChI=1S/C22H28N4O4/c1-25-19(15-18(24-25)16-9-5-4-6-10-16)21(28)23-17(22(29)30)11-12-20(27)26-13-7-2-3-8-14-26/h4-6,9-10,15,17H,2-3,7-8,11-14H2,1H3,(H,23,28)(H,29,30)/t17-/m1/s1. The maximum Gasteiger partial charge on any atom is 0.326 e. The Morgan fingerprint density at radius 3 is 2.40 bits per heavy atom. The molecule has 0 radical (unpaired) electrons. The van der Waals surface area contributed by atoms with Crippen molar-refractivity contribution in [3.05, 3.63) is 42.1 Å². The summed E-state index contributed by atoms with van der Waals surface area (Å²) in [7, 11) is 1.64. The smallest absolute Gasteiger partial charge is 0.326 e. The molecular formula is C22H28N4O4. The second kappa shape index (κ2) is 10.0. The van der Waals surface area contributed by atoms with Gasteiger partial charge >= 0.3 is 5.97 Å². The highest BCUT2D eigenvalue weighted by molar-refractivity contribution is 5.96. The highest BCUT2D eigenvalue weighted by Gasteiger charge is 2.25. The Hall–Kier alpha value is -3.16. The van der Waals surface area contributed by atoms with E-state index in [1.54, 1.807) is 18.0 Å². The van der Waals surface area contributed by atoms with Crippen molar-refractivity contribution in [2.24, 2.45) is 7.05 Å². The number of carboxylic acids is 1. The van der Waals surface area contributed by atoms with Crippen LogP contribution in [0.25, 0.3) is 11.3 Å². The Morgan fingerprint density at radius 1 is 1.10 bits per heavy atom. The fourth-order valence-corrected chi connectivity index (χ4v) is 3.67. The quantitative estimate of drug-likeness (QED) is 0.727. The molecule has 2 N–H and O–H groups in total. The van der Waals surface area contributed by atoms with E-state index in [2.05, 4.69) is 10.4 Å². The number of hydrogen-bond donors (Lipinski definition) is 2. The van der Waals surface area contributed by atoms with Crippen LogP contribution in [0.15, 0.2) is 36.4 Å². The molecule has 3 rings (SSSR count). The van der Waals surface area contributed by atoms with Crippen LogP contribution in [0.4, 0.5) is 0 Å². The molecule has 2 heterocycles. The molecule has 1 aromatic heterocycles. The first kappa shape index (κ1) is 21.5. The van der Waals surface area contributed by atoms with Gasteiger partial charge in [-0.25, -0.2) is 4.79 Å². The van der Waals surface area contributed by atoms with Crippen LogP contribution in [-0.4, -0.2) is 56.7 Å². The lowest BCUT2D eigenvalue weighted by atomic mass is 10.1. The van der Waals surface area contributed by atoms with Crippen molar-refractivity contribution < 1.29 is 19.5 Å². The van der Waals surface area contributed by atoms with Gasteiger partial charge in [-0.2, -0.15) is 5.10 Å². The van der Waals surface area contributed by atoms with Gasteiger partial charge in [0.05, 0.1) is 5.69 Å². The van der Waals surface area contributed by atoms with E-state index in [0.717, 1.165) is 44.3 Å². The molecule has 1 aliphatic rings. The Kier molecular flexibility index (Phi) is 7.21. The molecule has 8 nitrogen and oxygen atoms in total. The summed E-state index contributed by atoms with van der Waals surface area (Å²) in [4.78, 5) is 38.6. The summed E-state index contributed by atoms with van der Waals surface area (Å²) >= 11 is 0. The van der Waals surface area contributed by atoms with Gasteiger partial charge in [-0.15, -0.1) is 0 Å². The molecule has 1 aliphatic heterocycles. The van der Waals surface area contributed by atoms with Gasteiger partial charge in [-0.1, -0.05) is 43.2 Å². The highest BCUT2D eigenvalue weighted by Crippen LogP contribution is 2.18. The number of benzene rings is 1. The number of rotatable bonds is 7. The van der Waals surface area contributed by atoms with Gasteiger partial charge in [-0.3, -0.25) is 14.3 Å². The molecule has 1 fully saturated rings. The van der Waals surface area contributed by atoms with E-state index in [9.17, 15) is 19.5 Å². The fraction of sp³-hybridized carbons (Fsp3) is 0.455. The zero-order valence-corrected chi connectivity index (χ0v) is 17.2. The molecule has 0 saturated carbocycles. The average Bonchev–Trinajstić information content (AvgIpc) is 2.94. The van der Waals surface area contributed by atoms with Crippen LogP contribution >= 0.6 is 0 Å². The number of carboxylic acid groups (broad SMARTS) is 1. The summed E-state index contributed by atoms with van der Waals surface area (Å²) in [5.74, 6) is -1.73. The SMILES string of the molecule is Cn1nc(-c2ccccc2)cc1C(=O)N[C@H](CCC(=O)N1CCCCCC1)C(=O)O. The number of aromatic nitrogens is 2. The third-order valence-corrected chi connectivity index (χ3v) is 5.39. The zero-order chi connectivity index (χ0) is 21.5. The molecule has 0 bridgehead atoms. The maximum absolute atomic E-state index is 12.7. The molecule has 0 unspecified atom stereocenters. The van der Waals surface area contributed by atoms with Crippen LogP contribution in [0.3, 0.4) is 0 Å². The lowest BCUT2D eigenvalue weighted by molar-refractivity contribution is -0.139. The summed E-state index contributed by atoms with van der Waals surface area (Å²) in [6.45, 7) is 1.44. The maximum atomic E-state index is 12.7. The van der Waals surface area contributed by atoms with Crippen LogP contribution in [-0.2, 0) is 16.6 Å². The predicted molar refractivity (Wildman–Crippen MR) is 112 cm³/mol. The van der Waals surface area contributed by atoms with E-state index >= 15 is 0 Å². The van der Waals surface area contributed by atoms with Gasteiger partial charge < -0.3 is 15.3 Å². The Morgan fingerprint density at radius 2 is 1.77 bits per heavy atom. The number of carbonyl (C=O) groups excluding carboxylic acids is 2. The number of nitrogens with zero attached hydrogens (tertiary/aromatic N) is 3. The monoisotopic (exact) mass is 412 g/mol. The normalized spacial score (nSPS) is 15.3. The van der Waals surface area contributed by atoms with E-state index < -0.39 is 17.9 Å². The van der Waals surface area contributed by atoms with Crippen LogP contribution in [0.2, 0.25) is 0 Å². The number of hydrogen-bond acceptors (Lipinski definition) is 4. The highest BCUT2D eigenvalue weighted by atomic mass is 16.4. The number of amides is 2. The van der Waals surface area contributed by atoms with Crippen LogP contribution in [0.1, 0.15) is 49.0 Å². The number of aryl methyl sites for hydroxylation is 1. The molecule has 1 atom stereocenters.